The van der Waals surface area contributed by atoms with Gasteiger partial charge in [0.1, 0.15) is 6.04 Å². The maximum absolute atomic E-state index is 12.3. The summed E-state index contributed by atoms with van der Waals surface area (Å²) in [4.78, 5) is 24.6. The molecule has 23 heavy (non-hydrogen) atoms. The Morgan fingerprint density at radius 1 is 1.22 bits per heavy atom. The summed E-state index contributed by atoms with van der Waals surface area (Å²) in [6.07, 6.45) is 0. The van der Waals surface area contributed by atoms with Crippen LogP contribution in [0.4, 0.5) is 0 Å². The van der Waals surface area contributed by atoms with Crippen molar-refractivity contribution in [3.63, 3.8) is 0 Å². The molecule has 0 aliphatic heterocycles. The Bertz CT molecular complexity index is 520. The van der Waals surface area contributed by atoms with E-state index >= 15 is 0 Å². The molecular weight excluding hydrogens is 314 g/mol. The van der Waals surface area contributed by atoms with Crippen LogP contribution < -0.4 is 16.4 Å². The van der Waals surface area contributed by atoms with Gasteiger partial charge in [-0.15, -0.1) is 12.4 Å². The largest absolute Gasteiger partial charge is 0.354 e. The zero-order chi connectivity index (χ0) is 16.7. The van der Waals surface area contributed by atoms with Crippen molar-refractivity contribution in [2.75, 3.05) is 13.1 Å². The molecule has 0 aliphatic carbocycles. The maximum atomic E-state index is 12.3. The third kappa shape index (κ3) is 7.01. The van der Waals surface area contributed by atoms with Crippen LogP contribution in [-0.2, 0) is 4.79 Å². The Balaban J connectivity index is 0.00000484. The van der Waals surface area contributed by atoms with Crippen LogP contribution in [0.5, 0.6) is 0 Å². The number of carbonyl (C=O) groups is 2. The number of rotatable bonds is 7. The minimum absolute atomic E-state index is 0. The molecule has 0 spiro atoms. The van der Waals surface area contributed by atoms with E-state index in [4.69, 9.17) is 5.73 Å². The highest BCUT2D eigenvalue weighted by Crippen LogP contribution is 2.07. The molecule has 6 heteroatoms. The van der Waals surface area contributed by atoms with E-state index in [-0.39, 0.29) is 36.1 Å². The van der Waals surface area contributed by atoms with Crippen molar-refractivity contribution in [2.24, 2.45) is 17.6 Å². The van der Waals surface area contributed by atoms with Gasteiger partial charge < -0.3 is 16.4 Å². The van der Waals surface area contributed by atoms with Gasteiger partial charge in [-0.25, -0.2) is 0 Å². The molecule has 1 rings (SSSR count). The van der Waals surface area contributed by atoms with Crippen molar-refractivity contribution in [1.29, 1.82) is 0 Å². The summed E-state index contributed by atoms with van der Waals surface area (Å²) in [6.45, 7) is 8.75. The average molecular weight is 342 g/mol. The Morgan fingerprint density at radius 3 is 2.39 bits per heavy atom. The standard InChI is InChI=1S/C17H27N3O2.ClH/c1-11(2)15(17(22)19-10-13(4)9-18)20-16(21)14-7-5-6-12(3)8-14;/h5-8,11,13,15H,9-10,18H2,1-4H3,(H,19,22)(H,20,21);1H. The molecule has 4 N–H and O–H groups in total. The number of benzene rings is 1. The number of amides is 2. The van der Waals surface area contributed by atoms with E-state index in [1.165, 1.54) is 0 Å². The predicted molar refractivity (Wildman–Crippen MR) is 95.7 cm³/mol. The van der Waals surface area contributed by atoms with E-state index < -0.39 is 6.04 Å². The SMILES string of the molecule is Cc1cccc(C(=O)NC(C(=O)NCC(C)CN)C(C)C)c1.Cl. The number of carbonyl (C=O) groups excluding carboxylic acids is 2. The Morgan fingerprint density at radius 2 is 1.87 bits per heavy atom. The zero-order valence-electron chi connectivity index (χ0n) is 14.3. The van der Waals surface area contributed by atoms with Crippen LogP contribution >= 0.6 is 12.4 Å². The smallest absolute Gasteiger partial charge is 0.251 e. The number of nitrogens with one attached hydrogen (secondary N) is 2. The second-order valence-electron chi connectivity index (χ2n) is 6.15. The van der Waals surface area contributed by atoms with Crippen LogP contribution in [0.3, 0.4) is 0 Å². The van der Waals surface area contributed by atoms with Gasteiger partial charge in [-0.1, -0.05) is 38.5 Å². The Labute approximate surface area is 144 Å². The quantitative estimate of drug-likeness (QED) is 0.708. The van der Waals surface area contributed by atoms with E-state index in [1.807, 2.05) is 39.8 Å². The minimum Gasteiger partial charge on any atom is -0.354 e. The number of hydrogen-bond donors (Lipinski definition) is 3. The van der Waals surface area contributed by atoms with Crippen molar-refractivity contribution in [1.82, 2.24) is 10.6 Å². The lowest BCUT2D eigenvalue weighted by Gasteiger charge is -2.22. The van der Waals surface area contributed by atoms with Crippen LogP contribution in [0.2, 0.25) is 0 Å². The highest BCUT2D eigenvalue weighted by molar-refractivity contribution is 5.97. The van der Waals surface area contributed by atoms with Crippen molar-refractivity contribution in [3.05, 3.63) is 35.4 Å². The van der Waals surface area contributed by atoms with Crippen LogP contribution in [0, 0.1) is 18.8 Å². The summed E-state index contributed by atoms with van der Waals surface area (Å²) in [5.74, 6) is -0.188. The number of halogens is 1. The summed E-state index contributed by atoms with van der Waals surface area (Å²) in [5.41, 5.74) is 7.12. The van der Waals surface area contributed by atoms with Crippen molar-refractivity contribution >= 4 is 24.2 Å². The molecule has 0 radical (unpaired) electrons. The molecule has 2 amide bonds. The van der Waals surface area contributed by atoms with Gasteiger partial charge >= 0.3 is 0 Å². The average Bonchev–Trinajstić information content (AvgIpc) is 2.49. The lowest BCUT2D eigenvalue weighted by Crippen LogP contribution is -2.50. The van der Waals surface area contributed by atoms with Gasteiger partial charge in [0.25, 0.3) is 5.91 Å². The van der Waals surface area contributed by atoms with Gasteiger partial charge in [-0.05, 0) is 37.4 Å². The topological polar surface area (TPSA) is 84.2 Å². The van der Waals surface area contributed by atoms with Gasteiger partial charge in [0.2, 0.25) is 5.91 Å². The lowest BCUT2D eigenvalue weighted by molar-refractivity contribution is -0.124. The summed E-state index contributed by atoms with van der Waals surface area (Å²) >= 11 is 0. The van der Waals surface area contributed by atoms with E-state index in [2.05, 4.69) is 10.6 Å². The third-order valence-corrected chi connectivity index (χ3v) is 3.54. The van der Waals surface area contributed by atoms with E-state index in [1.54, 1.807) is 12.1 Å². The van der Waals surface area contributed by atoms with E-state index in [0.717, 1.165) is 5.56 Å². The lowest BCUT2D eigenvalue weighted by atomic mass is 10.0. The summed E-state index contributed by atoms with van der Waals surface area (Å²) in [6, 6.07) is 6.75. The third-order valence-electron chi connectivity index (χ3n) is 3.54. The van der Waals surface area contributed by atoms with Gasteiger partial charge in [0, 0.05) is 12.1 Å². The molecule has 2 unspecified atom stereocenters. The first-order valence-electron chi connectivity index (χ1n) is 7.70. The Kier molecular flexibility index (Phi) is 9.53. The summed E-state index contributed by atoms with van der Waals surface area (Å²) in [7, 11) is 0. The highest BCUT2D eigenvalue weighted by atomic mass is 35.5. The van der Waals surface area contributed by atoms with Crippen LogP contribution in [0.15, 0.2) is 24.3 Å². The van der Waals surface area contributed by atoms with Gasteiger partial charge in [-0.3, -0.25) is 9.59 Å². The van der Waals surface area contributed by atoms with Gasteiger partial charge in [-0.2, -0.15) is 0 Å². The number of aryl methyl sites for hydroxylation is 1. The van der Waals surface area contributed by atoms with Gasteiger partial charge in [0.05, 0.1) is 0 Å². The Hall–Kier alpha value is -1.59. The fourth-order valence-corrected chi connectivity index (χ4v) is 2.01. The molecule has 0 heterocycles. The summed E-state index contributed by atoms with van der Waals surface area (Å²) < 4.78 is 0. The minimum atomic E-state index is -0.557. The first kappa shape index (κ1) is 21.4. The number of hydrogen-bond acceptors (Lipinski definition) is 3. The molecule has 1 aromatic rings. The second-order valence-corrected chi connectivity index (χ2v) is 6.15. The van der Waals surface area contributed by atoms with E-state index in [9.17, 15) is 9.59 Å². The maximum Gasteiger partial charge on any atom is 0.251 e. The highest BCUT2D eigenvalue weighted by Gasteiger charge is 2.24. The zero-order valence-corrected chi connectivity index (χ0v) is 15.1. The molecule has 1 aromatic carbocycles. The van der Waals surface area contributed by atoms with Crippen molar-refractivity contribution < 1.29 is 9.59 Å². The molecule has 130 valence electrons. The molecule has 2 atom stereocenters. The molecule has 0 fully saturated rings. The molecular formula is C17H28ClN3O2. The molecule has 0 aromatic heterocycles. The van der Waals surface area contributed by atoms with E-state index in [0.29, 0.717) is 18.7 Å². The van der Waals surface area contributed by atoms with Crippen LogP contribution in [0.25, 0.3) is 0 Å². The normalized spacial score (nSPS) is 13.0. The monoisotopic (exact) mass is 341 g/mol. The van der Waals surface area contributed by atoms with Crippen LogP contribution in [-0.4, -0.2) is 30.9 Å². The van der Waals surface area contributed by atoms with Crippen LogP contribution in [0.1, 0.15) is 36.7 Å². The van der Waals surface area contributed by atoms with Crippen molar-refractivity contribution in [3.8, 4) is 0 Å². The second kappa shape index (κ2) is 10.2. The fourth-order valence-electron chi connectivity index (χ4n) is 2.01. The van der Waals surface area contributed by atoms with Gasteiger partial charge in [0.15, 0.2) is 0 Å². The first-order chi connectivity index (χ1) is 10.3. The molecule has 0 bridgehead atoms. The fraction of sp³-hybridized carbons (Fsp3) is 0.529. The molecule has 0 aliphatic rings. The molecule has 5 nitrogen and oxygen atoms in total. The van der Waals surface area contributed by atoms with Crippen molar-refractivity contribution in [2.45, 2.75) is 33.7 Å². The molecule has 0 saturated carbocycles. The summed E-state index contributed by atoms with van der Waals surface area (Å²) in [5, 5.41) is 5.67. The first-order valence-corrected chi connectivity index (χ1v) is 7.70. The predicted octanol–water partition coefficient (Wildman–Crippen LogP) is 1.88. The molecule has 0 saturated heterocycles. The number of nitrogens with two attached hydrogens (primary N) is 1.